The molecule has 0 radical (unpaired) electrons. The fourth-order valence-corrected chi connectivity index (χ4v) is 1.84. The SMILES string of the molecule is Nc1ccc(OCc2cccc(Br)c2)cc1F. The maximum absolute atomic E-state index is 13.2. The van der Waals surface area contributed by atoms with E-state index in [0.29, 0.717) is 12.4 Å². The van der Waals surface area contributed by atoms with Crippen LogP contribution in [0.25, 0.3) is 0 Å². The summed E-state index contributed by atoms with van der Waals surface area (Å²) in [5.74, 6) is 0.00779. The van der Waals surface area contributed by atoms with E-state index in [1.165, 1.54) is 12.1 Å². The smallest absolute Gasteiger partial charge is 0.149 e. The van der Waals surface area contributed by atoms with Crippen LogP contribution >= 0.6 is 15.9 Å². The average molecular weight is 296 g/mol. The van der Waals surface area contributed by atoms with Crippen LogP contribution in [0.1, 0.15) is 5.56 Å². The Hall–Kier alpha value is -1.55. The number of nitrogen functional groups attached to an aromatic ring is 1. The summed E-state index contributed by atoms with van der Waals surface area (Å²) in [6, 6.07) is 12.2. The average Bonchev–Trinajstić information content (AvgIpc) is 2.31. The van der Waals surface area contributed by atoms with Gasteiger partial charge in [-0.25, -0.2) is 4.39 Å². The normalized spacial score (nSPS) is 10.2. The van der Waals surface area contributed by atoms with Gasteiger partial charge in [0.05, 0.1) is 5.69 Å². The summed E-state index contributed by atoms with van der Waals surface area (Å²) in [4.78, 5) is 0. The molecule has 88 valence electrons. The molecule has 0 aliphatic carbocycles. The molecule has 2 N–H and O–H groups in total. The molecule has 0 aliphatic rings. The first-order valence-corrected chi connectivity index (χ1v) is 5.87. The molecule has 17 heavy (non-hydrogen) atoms. The molecule has 0 saturated heterocycles. The molecule has 0 heterocycles. The molecule has 2 aromatic carbocycles. The molecular weight excluding hydrogens is 285 g/mol. The van der Waals surface area contributed by atoms with Crippen molar-refractivity contribution in [3.05, 3.63) is 58.3 Å². The fraction of sp³-hybridized carbons (Fsp3) is 0.0769. The zero-order valence-electron chi connectivity index (χ0n) is 8.99. The van der Waals surface area contributed by atoms with Crippen LogP contribution in [0.15, 0.2) is 46.9 Å². The van der Waals surface area contributed by atoms with Gasteiger partial charge in [0, 0.05) is 10.5 Å². The third kappa shape index (κ3) is 3.20. The van der Waals surface area contributed by atoms with E-state index in [-0.39, 0.29) is 5.69 Å². The zero-order chi connectivity index (χ0) is 12.3. The van der Waals surface area contributed by atoms with E-state index in [0.717, 1.165) is 10.0 Å². The highest BCUT2D eigenvalue weighted by Gasteiger charge is 2.01. The minimum absolute atomic E-state index is 0.125. The predicted octanol–water partition coefficient (Wildman–Crippen LogP) is 3.75. The molecule has 0 aliphatic heterocycles. The fourth-order valence-electron chi connectivity index (χ4n) is 1.39. The quantitative estimate of drug-likeness (QED) is 0.875. The number of hydrogen-bond acceptors (Lipinski definition) is 2. The van der Waals surface area contributed by atoms with Gasteiger partial charge in [0.2, 0.25) is 0 Å². The number of halogens is 2. The zero-order valence-corrected chi connectivity index (χ0v) is 10.6. The first-order valence-electron chi connectivity index (χ1n) is 5.07. The summed E-state index contributed by atoms with van der Waals surface area (Å²) in [6.07, 6.45) is 0. The van der Waals surface area contributed by atoms with Gasteiger partial charge in [-0.3, -0.25) is 0 Å². The number of ether oxygens (including phenoxy) is 1. The van der Waals surface area contributed by atoms with E-state index in [1.807, 2.05) is 24.3 Å². The van der Waals surface area contributed by atoms with E-state index in [2.05, 4.69) is 15.9 Å². The van der Waals surface area contributed by atoms with Crippen LogP contribution in [0.4, 0.5) is 10.1 Å². The summed E-state index contributed by atoms with van der Waals surface area (Å²) in [5.41, 5.74) is 6.51. The Balaban J connectivity index is 2.05. The molecule has 2 nitrogen and oxygen atoms in total. The minimum atomic E-state index is -0.461. The number of nitrogens with two attached hydrogens (primary N) is 1. The summed E-state index contributed by atoms with van der Waals surface area (Å²) < 4.78 is 19.6. The Bertz CT molecular complexity index is 531. The maximum Gasteiger partial charge on any atom is 0.149 e. The van der Waals surface area contributed by atoms with Crippen LogP contribution in [0, 0.1) is 5.82 Å². The lowest BCUT2D eigenvalue weighted by molar-refractivity contribution is 0.304. The van der Waals surface area contributed by atoms with Gasteiger partial charge in [-0.2, -0.15) is 0 Å². The highest BCUT2D eigenvalue weighted by Crippen LogP contribution is 2.19. The Morgan fingerprint density at radius 2 is 2.00 bits per heavy atom. The monoisotopic (exact) mass is 295 g/mol. The van der Waals surface area contributed by atoms with Gasteiger partial charge >= 0.3 is 0 Å². The van der Waals surface area contributed by atoms with Gasteiger partial charge in [0.1, 0.15) is 18.2 Å². The second kappa shape index (κ2) is 5.19. The van der Waals surface area contributed by atoms with Crippen molar-refractivity contribution in [2.45, 2.75) is 6.61 Å². The topological polar surface area (TPSA) is 35.2 Å². The van der Waals surface area contributed by atoms with Crippen LogP contribution < -0.4 is 10.5 Å². The maximum atomic E-state index is 13.2. The van der Waals surface area contributed by atoms with E-state index >= 15 is 0 Å². The van der Waals surface area contributed by atoms with Crippen molar-refractivity contribution in [2.24, 2.45) is 0 Å². The second-order valence-electron chi connectivity index (χ2n) is 3.60. The summed E-state index contributed by atoms with van der Waals surface area (Å²) >= 11 is 3.38. The number of hydrogen-bond donors (Lipinski definition) is 1. The van der Waals surface area contributed by atoms with Crippen molar-refractivity contribution in [1.82, 2.24) is 0 Å². The lowest BCUT2D eigenvalue weighted by Gasteiger charge is -2.07. The van der Waals surface area contributed by atoms with Gasteiger partial charge in [-0.1, -0.05) is 28.1 Å². The van der Waals surface area contributed by atoms with Gasteiger partial charge in [-0.15, -0.1) is 0 Å². The van der Waals surface area contributed by atoms with Crippen LogP contribution in [-0.4, -0.2) is 0 Å². The third-order valence-corrected chi connectivity index (χ3v) is 2.76. The van der Waals surface area contributed by atoms with Crippen molar-refractivity contribution in [2.75, 3.05) is 5.73 Å². The highest BCUT2D eigenvalue weighted by molar-refractivity contribution is 9.10. The van der Waals surface area contributed by atoms with Crippen LogP contribution in [-0.2, 0) is 6.61 Å². The van der Waals surface area contributed by atoms with Crippen LogP contribution in [0.2, 0.25) is 0 Å². The molecule has 0 amide bonds. The Labute approximate surface area is 107 Å². The van der Waals surface area contributed by atoms with E-state index in [9.17, 15) is 4.39 Å². The lowest BCUT2D eigenvalue weighted by Crippen LogP contribution is -1.97. The Morgan fingerprint density at radius 3 is 2.71 bits per heavy atom. The highest BCUT2D eigenvalue weighted by atomic mass is 79.9. The molecule has 0 unspecified atom stereocenters. The molecule has 2 aromatic rings. The standard InChI is InChI=1S/C13H11BrFNO/c14-10-3-1-2-9(6-10)8-17-11-4-5-13(16)12(15)7-11/h1-7H,8,16H2. The van der Waals surface area contributed by atoms with Crippen LogP contribution in [0.5, 0.6) is 5.75 Å². The van der Waals surface area contributed by atoms with E-state index in [4.69, 9.17) is 10.5 Å². The Morgan fingerprint density at radius 1 is 1.18 bits per heavy atom. The van der Waals surface area contributed by atoms with Gasteiger partial charge in [-0.05, 0) is 29.8 Å². The first kappa shape index (κ1) is 11.9. The van der Waals surface area contributed by atoms with Gasteiger partial charge in [0.25, 0.3) is 0 Å². The van der Waals surface area contributed by atoms with Crippen molar-refractivity contribution >= 4 is 21.6 Å². The molecule has 0 fully saturated rings. The molecule has 2 rings (SSSR count). The summed E-state index contributed by atoms with van der Waals surface area (Å²) in [7, 11) is 0. The number of anilines is 1. The molecule has 0 saturated carbocycles. The molecule has 0 aromatic heterocycles. The molecule has 0 spiro atoms. The van der Waals surface area contributed by atoms with Crippen molar-refractivity contribution in [3.8, 4) is 5.75 Å². The van der Waals surface area contributed by atoms with Crippen molar-refractivity contribution in [3.63, 3.8) is 0 Å². The van der Waals surface area contributed by atoms with Crippen LogP contribution in [0.3, 0.4) is 0 Å². The second-order valence-corrected chi connectivity index (χ2v) is 4.52. The lowest BCUT2D eigenvalue weighted by atomic mass is 10.2. The van der Waals surface area contributed by atoms with Gasteiger partial charge < -0.3 is 10.5 Å². The molecule has 0 bridgehead atoms. The minimum Gasteiger partial charge on any atom is -0.489 e. The molecule has 4 heteroatoms. The number of benzene rings is 2. The largest absolute Gasteiger partial charge is 0.489 e. The molecule has 0 atom stereocenters. The van der Waals surface area contributed by atoms with E-state index < -0.39 is 5.82 Å². The molecular formula is C13H11BrFNO. The number of rotatable bonds is 3. The summed E-state index contributed by atoms with van der Waals surface area (Å²) in [5, 5.41) is 0. The third-order valence-electron chi connectivity index (χ3n) is 2.27. The summed E-state index contributed by atoms with van der Waals surface area (Å²) in [6.45, 7) is 0.392. The first-order chi connectivity index (χ1) is 8.15. The van der Waals surface area contributed by atoms with Gasteiger partial charge in [0.15, 0.2) is 0 Å². The van der Waals surface area contributed by atoms with E-state index in [1.54, 1.807) is 6.07 Å². The van der Waals surface area contributed by atoms with Crippen molar-refractivity contribution in [1.29, 1.82) is 0 Å². The Kier molecular flexibility index (Phi) is 3.64. The predicted molar refractivity (Wildman–Crippen MR) is 69.3 cm³/mol. The van der Waals surface area contributed by atoms with Crippen molar-refractivity contribution < 1.29 is 9.13 Å².